The lowest BCUT2D eigenvalue weighted by Crippen LogP contribution is -2.58. The van der Waals surface area contributed by atoms with E-state index in [1.165, 1.54) is 37.2 Å². The Kier molecular flexibility index (Phi) is 6.87. The largest absolute Gasteiger partial charge is 0.368 e. The molecule has 21 heavy (non-hydrogen) atoms. The third-order valence-corrected chi connectivity index (χ3v) is 6.62. The summed E-state index contributed by atoms with van der Waals surface area (Å²) in [6.07, 6.45) is 11.1. The first-order valence-corrected chi connectivity index (χ1v) is 9.97. The van der Waals surface area contributed by atoms with Crippen LogP contribution in [-0.2, 0) is 4.79 Å². The van der Waals surface area contributed by atoms with Crippen molar-refractivity contribution in [2.75, 3.05) is 18.1 Å². The number of rotatable bonds is 9. The van der Waals surface area contributed by atoms with Crippen LogP contribution in [-0.4, -0.2) is 29.5 Å². The molecule has 2 aliphatic carbocycles. The van der Waals surface area contributed by atoms with Gasteiger partial charge in [-0.15, -0.1) is 0 Å². The molecule has 2 unspecified atom stereocenters. The van der Waals surface area contributed by atoms with Gasteiger partial charge in [-0.25, -0.2) is 0 Å². The van der Waals surface area contributed by atoms with Gasteiger partial charge in [0.05, 0.1) is 0 Å². The van der Waals surface area contributed by atoms with E-state index in [1.54, 1.807) is 0 Å². The molecule has 2 saturated carbocycles. The molecule has 0 radical (unpaired) electrons. The summed E-state index contributed by atoms with van der Waals surface area (Å²) in [7, 11) is 0. The lowest BCUT2D eigenvalue weighted by atomic mass is 9.84. The molecule has 0 aromatic heterocycles. The van der Waals surface area contributed by atoms with Crippen LogP contribution in [0.1, 0.15) is 64.7 Å². The number of hydrogen-bond acceptors (Lipinski definition) is 3. The zero-order chi connectivity index (χ0) is 15.1. The van der Waals surface area contributed by atoms with Gasteiger partial charge < -0.3 is 11.1 Å². The van der Waals surface area contributed by atoms with E-state index in [9.17, 15) is 4.79 Å². The molecular weight excluding hydrogens is 280 g/mol. The molecule has 0 aliphatic heterocycles. The molecule has 2 atom stereocenters. The summed E-state index contributed by atoms with van der Waals surface area (Å²) in [5.41, 5.74) is 5.35. The maximum absolute atomic E-state index is 12.0. The summed E-state index contributed by atoms with van der Waals surface area (Å²) in [5, 5.41) is 3.49. The third kappa shape index (κ3) is 4.38. The monoisotopic (exact) mass is 312 g/mol. The van der Waals surface area contributed by atoms with Crippen LogP contribution >= 0.6 is 11.8 Å². The van der Waals surface area contributed by atoms with Crippen molar-refractivity contribution in [2.24, 2.45) is 17.6 Å². The van der Waals surface area contributed by atoms with Gasteiger partial charge in [0.25, 0.3) is 0 Å². The minimum atomic E-state index is -0.413. The lowest BCUT2D eigenvalue weighted by molar-refractivity contribution is -0.126. The number of amides is 1. The average Bonchev–Trinajstić information content (AvgIpc) is 3.11. The van der Waals surface area contributed by atoms with E-state index in [4.69, 9.17) is 5.73 Å². The Labute approximate surface area is 134 Å². The van der Waals surface area contributed by atoms with Crippen LogP contribution in [0.2, 0.25) is 0 Å². The normalized spacial score (nSPS) is 30.0. The Balaban J connectivity index is 1.77. The van der Waals surface area contributed by atoms with Gasteiger partial charge in [0.2, 0.25) is 5.91 Å². The molecule has 122 valence electrons. The molecule has 3 N–H and O–H groups in total. The molecule has 0 bridgehead atoms. The quantitative estimate of drug-likeness (QED) is 0.642. The summed E-state index contributed by atoms with van der Waals surface area (Å²) >= 11 is 2.09. The summed E-state index contributed by atoms with van der Waals surface area (Å²) in [4.78, 5) is 12.0. The van der Waals surface area contributed by atoms with Gasteiger partial charge >= 0.3 is 0 Å². The van der Waals surface area contributed by atoms with Crippen LogP contribution in [0.15, 0.2) is 0 Å². The number of thioether (sulfide) groups is 1. The van der Waals surface area contributed by atoms with Crippen molar-refractivity contribution in [2.45, 2.75) is 70.3 Å². The molecule has 2 fully saturated rings. The van der Waals surface area contributed by atoms with Crippen molar-refractivity contribution in [3.8, 4) is 0 Å². The van der Waals surface area contributed by atoms with E-state index in [2.05, 4.69) is 24.0 Å². The van der Waals surface area contributed by atoms with Crippen molar-refractivity contribution in [3.05, 3.63) is 0 Å². The number of carbonyl (C=O) groups is 1. The summed E-state index contributed by atoms with van der Waals surface area (Å²) in [5.74, 6) is 3.78. The van der Waals surface area contributed by atoms with Crippen LogP contribution in [0.4, 0.5) is 0 Å². The predicted molar refractivity (Wildman–Crippen MR) is 91.5 cm³/mol. The smallest absolute Gasteiger partial charge is 0.238 e. The van der Waals surface area contributed by atoms with Crippen molar-refractivity contribution < 1.29 is 4.79 Å². The Morgan fingerprint density at radius 3 is 2.71 bits per heavy atom. The first-order chi connectivity index (χ1) is 10.2. The van der Waals surface area contributed by atoms with Gasteiger partial charge in [-0.3, -0.25) is 4.79 Å². The van der Waals surface area contributed by atoms with Crippen molar-refractivity contribution >= 4 is 17.7 Å². The van der Waals surface area contributed by atoms with Gasteiger partial charge in [-0.1, -0.05) is 26.2 Å². The SMILES string of the molecule is CCCNC1(C(N)=O)CCCC1CCSCC1CCCC1. The molecule has 0 spiro atoms. The van der Waals surface area contributed by atoms with Gasteiger partial charge in [-0.2, -0.15) is 11.8 Å². The molecule has 2 rings (SSSR count). The maximum atomic E-state index is 12.0. The third-order valence-electron chi connectivity index (χ3n) is 5.39. The molecule has 0 heterocycles. The highest BCUT2D eigenvalue weighted by molar-refractivity contribution is 7.99. The van der Waals surface area contributed by atoms with Gasteiger partial charge in [-0.05, 0) is 68.4 Å². The highest BCUT2D eigenvalue weighted by Crippen LogP contribution is 2.39. The van der Waals surface area contributed by atoms with E-state index in [1.807, 2.05) is 0 Å². The van der Waals surface area contributed by atoms with Crippen LogP contribution in [0.25, 0.3) is 0 Å². The standard InChI is InChI=1S/C17H32N2OS/c1-2-11-19-17(16(18)20)10-5-8-15(17)9-12-21-13-14-6-3-4-7-14/h14-15,19H,2-13H2,1H3,(H2,18,20). The van der Waals surface area contributed by atoms with Crippen LogP contribution in [0.5, 0.6) is 0 Å². The summed E-state index contributed by atoms with van der Waals surface area (Å²) in [6, 6.07) is 0. The number of nitrogens with one attached hydrogen (secondary N) is 1. The number of carbonyl (C=O) groups excluding carboxylic acids is 1. The highest BCUT2D eigenvalue weighted by atomic mass is 32.2. The fourth-order valence-corrected chi connectivity index (χ4v) is 5.40. The molecule has 1 amide bonds. The van der Waals surface area contributed by atoms with Gasteiger partial charge in [0.1, 0.15) is 5.54 Å². The Bertz CT molecular complexity index is 331. The Morgan fingerprint density at radius 1 is 1.29 bits per heavy atom. The van der Waals surface area contributed by atoms with E-state index >= 15 is 0 Å². The zero-order valence-electron chi connectivity index (χ0n) is 13.5. The predicted octanol–water partition coefficient (Wildman–Crippen LogP) is 3.32. The highest BCUT2D eigenvalue weighted by Gasteiger charge is 2.46. The molecule has 2 aliphatic rings. The number of primary amides is 1. The van der Waals surface area contributed by atoms with Crippen LogP contribution in [0, 0.1) is 11.8 Å². The lowest BCUT2D eigenvalue weighted by Gasteiger charge is -2.33. The average molecular weight is 313 g/mol. The number of hydrogen-bond donors (Lipinski definition) is 2. The summed E-state index contributed by atoms with van der Waals surface area (Å²) < 4.78 is 0. The molecule has 4 heteroatoms. The number of nitrogens with two attached hydrogens (primary N) is 1. The van der Waals surface area contributed by atoms with Crippen LogP contribution in [0.3, 0.4) is 0 Å². The Morgan fingerprint density at radius 2 is 2.05 bits per heavy atom. The molecular formula is C17H32N2OS. The van der Waals surface area contributed by atoms with E-state index in [0.29, 0.717) is 5.92 Å². The fourth-order valence-electron chi connectivity index (χ4n) is 4.11. The summed E-state index contributed by atoms with van der Waals surface area (Å²) in [6.45, 7) is 3.04. The fraction of sp³-hybridized carbons (Fsp3) is 0.941. The molecule has 0 saturated heterocycles. The zero-order valence-corrected chi connectivity index (χ0v) is 14.4. The van der Waals surface area contributed by atoms with E-state index < -0.39 is 5.54 Å². The van der Waals surface area contributed by atoms with Gasteiger partial charge in [0, 0.05) is 0 Å². The second-order valence-electron chi connectivity index (χ2n) is 6.87. The van der Waals surface area contributed by atoms with Gasteiger partial charge in [0.15, 0.2) is 0 Å². The van der Waals surface area contributed by atoms with Crippen molar-refractivity contribution in [1.82, 2.24) is 5.32 Å². The molecule has 3 nitrogen and oxygen atoms in total. The second-order valence-corrected chi connectivity index (χ2v) is 8.02. The molecule has 0 aromatic rings. The minimum Gasteiger partial charge on any atom is -0.368 e. The first-order valence-electron chi connectivity index (χ1n) is 8.81. The Hall–Kier alpha value is -0.220. The first kappa shape index (κ1) is 17.1. The van der Waals surface area contributed by atoms with Crippen molar-refractivity contribution in [3.63, 3.8) is 0 Å². The minimum absolute atomic E-state index is 0.126. The van der Waals surface area contributed by atoms with Crippen molar-refractivity contribution in [1.29, 1.82) is 0 Å². The van der Waals surface area contributed by atoms with E-state index in [-0.39, 0.29) is 5.91 Å². The van der Waals surface area contributed by atoms with Crippen LogP contribution < -0.4 is 11.1 Å². The van der Waals surface area contributed by atoms with E-state index in [0.717, 1.165) is 44.6 Å². The molecule has 0 aromatic carbocycles. The maximum Gasteiger partial charge on any atom is 0.238 e. The second kappa shape index (κ2) is 8.42. The topological polar surface area (TPSA) is 55.1 Å².